The van der Waals surface area contributed by atoms with Gasteiger partial charge < -0.3 is 0 Å². The second-order valence-corrected chi connectivity index (χ2v) is 6.21. The zero-order valence-corrected chi connectivity index (χ0v) is 11.2. The summed E-state index contributed by atoms with van der Waals surface area (Å²) in [6.45, 7) is 0.0682. The molecule has 1 atom stereocenters. The first kappa shape index (κ1) is 12.4. The van der Waals surface area contributed by atoms with Crippen molar-refractivity contribution in [2.45, 2.75) is 11.7 Å². The van der Waals surface area contributed by atoms with Crippen LogP contribution in [0.3, 0.4) is 0 Å². The molecule has 0 bridgehead atoms. The number of rotatable bonds is 4. The maximum Gasteiger partial charge on any atom is 0.221 e. The van der Waals surface area contributed by atoms with E-state index in [1.54, 1.807) is 12.1 Å². The Bertz CT molecular complexity index is 578. The van der Waals surface area contributed by atoms with Crippen molar-refractivity contribution in [3.8, 4) is 0 Å². The first-order valence-electron chi connectivity index (χ1n) is 4.57. The molecule has 8 heteroatoms. The maximum atomic E-state index is 11.9. The number of carbonyl (C=O) groups is 1. The predicted molar refractivity (Wildman–Crippen MR) is 66.0 cm³/mol. The van der Waals surface area contributed by atoms with Crippen LogP contribution in [0, 0.1) is 0 Å². The molecule has 2 aromatic rings. The van der Waals surface area contributed by atoms with Gasteiger partial charge in [0, 0.05) is 6.26 Å². The van der Waals surface area contributed by atoms with Gasteiger partial charge in [0.2, 0.25) is 5.16 Å². The Hall–Kier alpha value is -1.05. The molecule has 2 heterocycles. The molecule has 0 saturated carbocycles. The van der Waals surface area contributed by atoms with Crippen molar-refractivity contribution in [3.05, 3.63) is 27.7 Å². The number of nitrogens with zero attached hydrogens (tertiary/aromatic N) is 3. The third-order valence-corrected chi connectivity index (χ3v) is 4.10. The molecule has 0 radical (unpaired) electrons. The Morgan fingerprint density at radius 3 is 2.94 bits per heavy atom. The molecular formula is C9H8ClN3O2S2. The van der Waals surface area contributed by atoms with Gasteiger partial charge in [-0.05, 0) is 12.1 Å². The Balaban J connectivity index is 2.18. The van der Waals surface area contributed by atoms with E-state index >= 15 is 0 Å². The number of carbonyl (C=O) groups excluding carboxylic acids is 1. The monoisotopic (exact) mass is 289 g/mol. The minimum absolute atomic E-state index is 0.0682. The van der Waals surface area contributed by atoms with Crippen LogP contribution in [0.4, 0.5) is 0 Å². The second kappa shape index (κ2) is 5.07. The maximum absolute atomic E-state index is 11.9. The van der Waals surface area contributed by atoms with Crippen molar-refractivity contribution < 1.29 is 9.00 Å². The second-order valence-electron chi connectivity index (χ2n) is 3.22. The SMILES string of the molecule is CS(=O)c1nncn1CC(=O)c1ccc(Cl)s1. The molecule has 0 N–H and O–H groups in total. The zero-order valence-electron chi connectivity index (χ0n) is 8.79. The smallest absolute Gasteiger partial charge is 0.221 e. The van der Waals surface area contributed by atoms with E-state index in [2.05, 4.69) is 10.2 Å². The van der Waals surface area contributed by atoms with Gasteiger partial charge in [0.15, 0.2) is 5.78 Å². The van der Waals surface area contributed by atoms with Crippen LogP contribution in [0.2, 0.25) is 4.34 Å². The van der Waals surface area contributed by atoms with E-state index < -0.39 is 10.8 Å². The first-order chi connectivity index (χ1) is 8.08. The lowest BCUT2D eigenvalue weighted by atomic mass is 10.3. The topological polar surface area (TPSA) is 64.8 Å². The van der Waals surface area contributed by atoms with Gasteiger partial charge in [-0.2, -0.15) is 0 Å². The summed E-state index contributed by atoms with van der Waals surface area (Å²) < 4.78 is 13.4. The number of aromatic nitrogens is 3. The highest BCUT2D eigenvalue weighted by atomic mass is 35.5. The summed E-state index contributed by atoms with van der Waals surface area (Å²) in [5.74, 6) is -0.103. The van der Waals surface area contributed by atoms with Crippen LogP contribution in [0.5, 0.6) is 0 Å². The van der Waals surface area contributed by atoms with Crippen molar-refractivity contribution in [2.24, 2.45) is 0 Å². The van der Waals surface area contributed by atoms with E-state index in [0.717, 1.165) is 0 Å². The largest absolute Gasteiger partial charge is 0.299 e. The predicted octanol–water partition coefficient (Wildman–Crippen LogP) is 1.61. The van der Waals surface area contributed by atoms with Crippen LogP contribution in [0.15, 0.2) is 23.6 Å². The molecule has 5 nitrogen and oxygen atoms in total. The van der Waals surface area contributed by atoms with Gasteiger partial charge in [0.1, 0.15) is 6.33 Å². The van der Waals surface area contributed by atoms with Gasteiger partial charge in [0.25, 0.3) is 0 Å². The number of ketones is 1. The van der Waals surface area contributed by atoms with Crippen molar-refractivity contribution in [3.63, 3.8) is 0 Å². The fourth-order valence-electron chi connectivity index (χ4n) is 1.27. The quantitative estimate of drug-likeness (QED) is 0.802. The molecule has 2 rings (SSSR count). The molecule has 0 aliphatic rings. The average molecular weight is 290 g/mol. The van der Waals surface area contributed by atoms with Crippen LogP contribution in [-0.4, -0.2) is 31.0 Å². The van der Waals surface area contributed by atoms with Gasteiger partial charge in [-0.25, -0.2) is 0 Å². The molecular weight excluding hydrogens is 282 g/mol. The summed E-state index contributed by atoms with van der Waals surface area (Å²) >= 11 is 6.97. The van der Waals surface area contributed by atoms with Gasteiger partial charge in [-0.1, -0.05) is 11.6 Å². The molecule has 0 fully saturated rings. The minimum Gasteiger partial charge on any atom is -0.299 e. The summed E-state index contributed by atoms with van der Waals surface area (Å²) in [6.07, 6.45) is 2.89. The van der Waals surface area contributed by atoms with E-state index in [-0.39, 0.29) is 12.3 Å². The number of hydrogen-bond donors (Lipinski definition) is 0. The highest BCUT2D eigenvalue weighted by Crippen LogP contribution is 2.22. The van der Waals surface area contributed by atoms with Gasteiger partial charge in [-0.15, -0.1) is 21.5 Å². The normalized spacial score (nSPS) is 12.6. The van der Waals surface area contributed by atoms with Crippen molar-refractivity contribution in [1.29, 1.82) is 0 Å². The summed E-state index contributed by atoms with van der Waals surface area (Å²) in [6, 6.07) is 3.34. The number of hydrogen-bond acceptors (Lipinski definition) is 5. The number of halogens is 1. The van der Waals surface area contributed by atoms with Gasteiger partial charge in [-0.3, -0.25) is 13.6 Å². The zero-order chi connectivity index (χ0) is 12.4. The molecule has 17 heavy (non-hydrogen) atoms. The average Bonchev–Trinajstić information content (AvgIpc) is 2.86. The van der Waals surface area contributed by atoms with Crippen molar-refractivity contribution in [2.75, 3.05) is 6.26 Å². The molecule has 0 amide bonds. The van der Waals surface area contributed by atoms with E-state index in [9.17, 15) is 9.00 Å². The Kier molecular flexibility index (Phi) is 3.70. The van der Waals surface area contributed by atoms with Crippen LogP contribution >= 0.6 is 22.9 Å². The molecule has 2 aromatic heterocycles. The third kappa shape index (κ3) is 2.80. The summed E-state index contributed by atoms with van der Waals surface area (Å²) in [4.78, 5) is 12.4. The highest BCUT2D eigenvalue weighted by Gasteiger charge is 2.14. The lowest BCUT2D eigenvalue weighted by Gasteiger charge is -2.01. The van der Waals surface area contributed by atoms with Gasteiger partial charge in [0.05, 0.1) is 26.6 Å². The van der Waals surface area contributed by atoms with Crippen LogP contribution in [0.1, 0.15) is 9.67 Å². The van der Waals surface area contributed by atoms with E-state index in [1.807, 2.05) is 0 Å². The van der Waals surface area contributed by atoms with Crippen LogP contribution < -0.4 is 0 Å². The van der Waals surface area contributed by atoms with Crippen LogP contribution in [0.25, 0.3) is 0 Å². The Labute approximate surface area is 109 Å². The standard InChI is InChI=1S/C9H8ClN3O2S2/c1-17(15)9-12-11-5-13(9)4-6(14)7-2-3-8(10)16-7/h2-3,5H,4H2,1H3. The lowest BCUT2D eigenvalue weighted by molar-refractivity contribution is 0.0973. The molecule has 0 aliphatic heterocycles. The van der Waals surface area contributed by atoms with E-state index in [1.165, 1.54) is 28.5 Å². The Morgan fingerprint density at radius 1 is 1.59 bits per heavy atom. The third-order valence-electron chi connectivity index (χ3n) is 2.00. The summed E-state index contributed by atoms with van der Waals surface area (Å²) in [5.41, 5.74) is 0. The molecule has 1 unspecified atom stereocenters. The van der Waals surface area contributed by atoms with Crippen molar-refractivity contribution in [1.82, 2.24) is 14.8 Å². The van der Waals surface area contributed by atoms with E-state index in [0.29, 0.717) is 14.4 Å². The molecule has 0 aliphatic carbocycles. The fourth-order valence-corrected chi connectivity index (χ4v) is 2.85. The summed E-state index contributed by atoms with van der Waals surface area (Å²) in [5, 5.41) is 7.64. The molecule has 0 aromatic carbocycles. The first-order valence-corrected chi connectivity index (χ1v) is 7.33. The molecule has 0 spiro atoms. The summed E-state index contributed by atoms with van der Waals surface area (Å²) in [7, 11) is -1.26. The Morgan fingerprint density at radius 2 is 2.35 bits per heavy atom. The van der Waals surface area contributed by atoms with E-state index in [4.69, 9.17) is 11.6 Å². The fraction of sp³-hybridized carbons (Fsp3) is 0.222. The highest BCUT2D eigenvalue weighted by molar-refractivity contribution is 7.84. The molecule has 0 saturated heterocycles. The lowest BCUT2D eigenvalue weighted by Crippen LogP contribution is -2.12. The number of thiophene rings is 1. The number of Topliss-reactive ketones (excluding diaryl/α,β-unsaturated/α-hetero) is 1. The van der Waals surface area contributed by atoms with Crippen molar-refractivity contribution >= 4 is 39.5 Å². The molecule has 90 valence electrons. The minimum atomic E-state index is -1.26. The van der Waals surface area contributed by atoms with Gasteiger partial charge >= 0.3 is 0 Å². The van der Waals surface area contributed by atoms with Crippen LogP contribution in [-0.2, 0) is 17.3 Å².